The van der Waals surface area contributed by atoms with Crippen molar-refractivity contribution in [2.75, 3.05) is 13.2 Å². The molecule has 0 spiro atoms. The molecule has 0 heterocycles. The molecule has 1 fully saturated rings. The van der Waals surface area contributed by atoms with E-state index in [4.69, 9.17) is 9.47 Å². The van der Waals surface area contributed by atoms with Crippen molar-refractivity contribution in [2.45, 2.75) is 39.2 Å². The third-order valence-electron chi connectivity index (χ3n) is 3.32. The number of amides is 1. The Kier molecular flexibility index (Phi) is 6.04. The summed E-state index contributed by atoms with van der Waals surface area (Å²) in [6, 6.07) is 7.59. The maximum atomic E-state index is 12.0. The molecule has 1 N–H and O–H groups in total. The van der Waals surface area contributed by atoms with Crippen LogP contribution in [-0.4, -0.2) is 25.2 Å². The van der Waals surface area contributed by atoms with Crippen LogP contribution in [0.3, 0.4) is 0 Å². The topological polar surface area (TPSA) is 71.3 Å². The van der Waals surface area contributed by atoms with E-state index in [1.54, 1.807) is 18.2 Å². The Balaban J connectivity index is 2.19. The highest BCUT2D eigenvalue weighted by atomic mass is 16.5. The first-order chi connectivity index (χ1) is 11.2. The number of nitrogens with zero attached hydrogens (tertiary/aromatic N) is 1. The number of carbonyl (C=O) groups is 1. The third kappa shape index (κ3) is 5.03. The minimum absolute atomic E-state index is 0.0987. The molecule has 23 heavy (non-hydrogen) atoms. The molecule has 0 atom stereocenters. The second kappa shape index (κ2) is 8.23. The Hall–Kier alpha value is -2.48. The number of rotatable bonds is 8. The van der Waals surface area contributed by atoms with Gasteiger partial charge in [0.2, 0.25) is 0 Å². The van der Waals surface area contributed by atoms with Gasteiger partial charge >= 0.3 is 0 Å². The van der Waals surface area contributed by atoms with Crippen molar-refractivity contribution in [1.82, 2.24) is 5.32 Å². The van der Waals surface area contributed by atoms with Gasteiger partial charge in [-0.25, -0.2) is 0 Å². The fourth-order valence-electron chi connectivity index (χ4n) is 2.02. The predicted molar refractivity (Wildman–Crippen MR) is 88.2 cm³/mol. The van der Waals surface area contributed by atoms with Gasteiger partial charge in [-0.3, -0.25) is 4.79 Å². The lowest BCUT2D eigenvalue weighted by Gasteiger charge is -2.12. The van der Waals surface area contributed by atoms with Crippen LogP contribution in [-0.2, 0) is 4.79 Å². The highest BCUT2D eigenvalue weighted by molar-refractivity contribution is 6.02. The van der Waals surface area contributed by atoms with E-state index in [1.165, 1.54) is 0 Å². The molecule has 0 bridgehead atoms. The highest BCUT2D eigenvalue weighted by Gasteiger charge is 2.24. The number of hydrogen-bond donors (Lipinski definition) is 1. The minimum atomic E-state index is -0.320. The number of benzene rings is 1. The summed E-state index contributed by atoms with van der Waals surface area (Å²) in [4.78, 5) is 12.0. The van der Waals surface area contributed by atoms with Crippen LogP contribution in [0.4, 0.5) is 0 Å². The molecule has 0 radical (unpaired) electrons. The van der Waals surface area contributed by atoms with Crippen LogP contribution in [0.2, 0.25) is 0 Å². The second-order valence-corrected chi connectivity index (χ2v) is 5.41. The molecule has 0 saturated heterocycles. The van der Waals surface area contributed by atoms with E-state index in [0.29, 0.717) is 24.7 Å². The standard InChI is InChI=1S/C18H22N2O3/c1-3-9-23-16-8-5-13(11-17(16)22-4-2)10-14(12-19)18(21)20-15-6-7-15/h5,8,10-11,15H,3-4,6-7,9H2,1-2H3,(H,20,21). The van der Waals surface area contributed by atoms with Crippen molar-refractivity contribution in [3.63, 3.8) is 0 Å². The highest BCUT2D eigenvalue weighted by Crippen LogP contribution is 2.29. The summed E-state index contributed by atoms with van der Waals surface area (Å²) in [7, 11) is 0. The zero-order chi connectivity index (χ0) is 16.7. The Morgan fingerprint density at radius 1 is 1.35 bits per heavy atom. The van der Waals surface area contributed by atoms with Gasteiger partial charge in [0.15, 0.2) is 11.5 Å². The number of ether oxygens (including phenoxy) is 2. The maximum absolute atomic E-state index is 12.0. The quantitative estimate of drug-likeness (QED) is 0.591. The molecule has 5 heteroatoms. The van der Waals surface area contributed by atoms with E-state index in [9.17, 15) is 10.1 Å². The Bertz CT molecular complexity index is 628. The van der Waals surface area contributed by atoms with Gasteiger partial charge in [0.1, 0.15) is 11.6 Å². The van der Waals surface area contributed by atoms with Crippen molar-refractivity contribution in [3.8, 4) is 17.6 Å². The first kappa shape index (κ1) is 16.9. The first-order valence-corrected chi connectivity index (χ1v) is 8.00. The number of hydrogen-bond acceptors (Lipinski definition) is 4. The minimum Gasteiger partial charge on any atom is -0.490 e. The Morgan fingerprint density at radius 3 is 2.74 bits per heavy atom. The Labute approximate surface area is 136 Å². The van der Waals surface area contributed by atoms with Crippen LogP contribution in [0.15, 0.2) is 23.8 Å². The van der Waals surface area contributed by atoms with Crippen LogP contribution >= 0.6 is 0 Å². The SMILES string of the molecule is CCCOc1ccc(C=C(C#N)C(=O)NC2CC2)cc1OCC. The Morgan fingerprint density at radius 2 is 2.13 bits per heavy atom. The lowest BCUT2D eigenvalue weighted by atomic mass is 10.1. The van der Waals surface area contributed by atoms with Gasteiger partial charge in [-0.05, 0) is 50.0 Å². The molecule has 122 valence electrons. The average Bonchev–Trinajstić information content (AvgIpc) is 3.36. The van der Waals surface area contributed by atoms with Crippen LogP contribution in [0.5, 0.6) is 11.5 Å². The first-order valence-electron chi connectivity index (χ1n) is 8.00. The largest absolute Gasteiger partial charge is 0.490 e. The lowest BCUT2D eigenvalue weighted by molar-refractivity contribution is -0.117. The molecule has 1 aliphatic carbocycles. The van der Waals surface area contributed by atoms with E-state index in [1.807, 2.05) is 26.0 Å². The van der Waals surface area contributed by atoms with Gasteiger partial charge in [0, 0.05) is 6.04 Å². The van der Waals surface area contributed by atoms with E-state index in [0.717, 1.165) is 24.8 Å². The normalized spacial score (nSPS) is 14.0. The predicted octanol–water partition coefficient (Wildman–Crippen LogP) is 3.06. The molecular formula is C18H22N2O3. The van der Waals surface area contributed by atoms with Gasteiger partial charge in [-0.2, -0.15) is 5.26 Å². The molecule has 1 aromatic rings. The average molecular weight is 314 g/mol. The molecule has 1 amide bonds. The summed E-state index contributed by atoms with van der Waals surface area (Å²) in [6.07, 6.45) is 4.46. The third-order valence-corrected chi connectivity index (χ3v) is 3.32. The summed E-state index contributed by atoms with van der Waals surface area (Å²) >= 11 is 0. The van der Waals surface area contributed by atoms with E-state index >= 15 is 0 Å². The van der Waals surface area contributed by atoms with E-state index in [2.05, 4.69) is 5.32 Å². The van der Waals surface area contributed by atoms with Gasteiger partial charge in [0.25, 0.3) is 5.91 Å². The number of nitrogens with one attached hydrogen (secondary N) is 1. The summed E-state index contributed by atoms with van der Waals surface area (Å²) < 4.78 is 11.2. The molecule has 0 aromatic heterocycles. The summed E-state index contributed by atoms with van der Waals surface area (Å²) in [6.45, 7) is 5.07. The van der Waals surface area contributed by atoms with Gasteiger partial charge in [-0.1, -0.05) is 13.0 Å². The molecule has 0 aliphatic heterocycles. The van der Waals surface area contributed by atoms with Crippen LogP contribution in [0.25, 0.3) is 6.08 Å². The molecule has 1 saturated carbocycles. The van der Waals surface area contributed by atoms with Crippen molar-refractivity contribution in [3.05, 3.63) is 29.3 Å². The lowest BCUT2D eigenvalue weighted by Crippen LogP contribution is -2.26. The number of carbonyl (C=O) groups excluding carboxylic acids is 1. The fourth-order valence-corrected chi connectivity index (χ4v) is 2.02. The summed E-state index contributed by atoms with van der Waals surface area (Å²) in [5, 5.41) is 12.0. The van der Waals surface area contributed by atoms with Gasteiger partial charge in [0.05, 0.1) is 13.2 Å². The summed E-state index contributed by atoms with van der Waals surface area (Å²) in [5.74, 6) is 0.973. The monoisotopic (exact) mass is 314 g/mol. The molecule has 0 unspecified atom stereocenters. The number of nitriles is 1. The van der Waals surface area contributed by atoms with Crippen molar-refractivity contribution in [1.29, 1.82) is 5.26 Å². The molecule has 2 rings (SSSR count). The van der Waals surface area contributed by atoms with E-state index < -0.39 is 0 Å². The fraction of sp³-hybridized carbons (Fsp3) is 0.444. The van der Waals surface area contributed by atoms with Crippen LogP contribution in [0, 0.1) is 11.3 Å². The van der Waals surface area contributed by atoms with Gasteiger partial charge in [-0.15, -0.1) is 0 Å². The van der Waals surface area contributed by atoms with Crippen LogP contribution in [0.1, 0.15) is 38.7 Å². The smallest absolute Gasteiger partial charge is 0.262 e. The van der Waals surface area contributed by atoms with Crippen molar-refractivity contribution in [2.24, 2.45) is 0 Å². The molecule has 1 aromatic carbocycles. The van der Waals surface area contributed by atoms with E-state index in [-0.39, 0.29) is 17.5 Å². The zero-order valence-electron chi connectivity index (χ0n) is 13.6. The van der Waals surface area contributed by atoms with Crippen LogP contribution < -0.4 is 14.8 Å². The molecule has 5 nitrogen and oxygen atoms in total. The van der Waals surface area contributed by atoms with Gasteiger partial charge < -0.3 is 14.8 Å². The zero-order valence-corrected chi connectivity index (χ0v) is 13.6. The van der Waals surface area contributed by atoms with Crippen molar-refractivity contribution >= 4 is 12.0 Å². The summed E-state index contributed by atoms with van der Waals surface area (Å²) in [5.41, 5.74) is 0.835. The molecular weight excluding hydrogens is 292 g/mol. The van der Waals surface area contributed by atoms with Crippen molar-refractivity contribution < 1.29 is 14.3 Å². The molecule has 1 aliphatic rings. The second-order valence-electron chi connectivity index (χ2n) is 5.41. The maximum Gasteiger partial charge on any atom is 0.262 e.